The number of halogens is 1. The number of nitrogens with one attached hydrogen (secondary N) is 2. The number of nitrogens with zero attached hydrogens (tertiary/aromatic N) is 3. The van der Waals surface area contributed by atoms with Crippen molar-refractivity contribution in [1.29, 1.82) is 0 Å². The van der Waals surface area contributed by atoms with E-state index in [4.69, 9.17) is 0 Å². The molecule has 0 amide bonds. The smallest absolute Gasteiger partial charge is 0.190 e. The number of hydrogen-bond acceptors (Lipinski definition) is 4. The van der Waals surface area contributed by atoms with Crippen molar-refractivity contribution >= 4 is 50.8 Å². The molecule has 0 aliphatic carbocycles. The molecule has 9 heteroatoms. The minimum atomic E-state index is -2.91. The first-order valence-electron chi connectivity index (χ1n) is 8.45. The maximum atomic E-state index is 11.1. The molecule has 0 unspecified atom stereocenters. The average Bonchev–Trinajstić information content (AvgIpc) is 2.88. The highest BCUT2D eigenvalue weighted by atomic mass is 127. The van der Waals surface area contributed by atoms with Crippen LogP contribution in [0.3, 0.4) is 0 Å². The van der Waals surface area contributed by atoms with Crippen molar-refractivity contribution < 1.29 is 8.42 Å². The number of para-hydroxylation sites is 2. The van der Waals surface area contributed by atoms with Crippen molar-refractivity contribution in [2.24, 2.45) is 4.99 Å². The molecule has 0 fully saturated rings. The zero-order valence-electron chi connectivity index (χ0n) is 15.5. The van der Waals surface area contributed by atoms with Gasteiger partial charge in [-0.25, -0.2) is 13.4 Å². The Morgan fingerprint density at radius 2 is 1.85 bits per heavy atom. The number of imidazole rings is 1. The number of sulfone groups is 1. The van der Waals surface area contributed by atoms with Crippen LogP contribution in [-0.2, 0) is 16.4 Å². The van der Waals surface area contributed by atoms with Crippen LogP contribution in [0.2, 0.25) is 0 Å². The van der Waals surface area contributed by atoms with Gasteiger partial charge in [-0.1, -0.05) is 12.1 Å². The van der Waals surface area contributed by atoms with Crippen LogP contribution in [0.4, 0.5) is 0 Å². The van der Waals surface area contributed by atoms with Crippen LogP contribution in [0.15, 0.2) is 29.3 Å². The van der Waals surface area contributed by atoms with Gasteiger partial charge in [-0.15, -0.1) is 24.0 Å². The van der Waals surface area contributed by atoms with Crippen molar-refractivity contribution in [3.05, 3.63) is 30.1 Å². The largest absolute Gasteiger partial charge is 0.356 e. The molecule has 26 heavy (non-hydrogen) atoms. The fourth-order valence-electron chi connectivity index (χ4n) is 2.68. The van der Waals surface area contributed by atoms with Gasteiger partial charge in [-0.2, -0.15) is 0 Å². The van der Waals surface area contributed by atoms with Crippen molar-refractivity contribution in [2.75, 3.05) is 32.1 Å². The molecule has 7 nitrogen and oxygen atoms in total. The Bertz CT molecular complexity index is 833. The van der Waals surface area contributed by atoms with Crippen LogP contribution in [0, 0.1) is 6.92 Å². The van der Waals surface area contributed by atoms with Crippen molar-refractivity contribution in [1.82, 2.24) is 20.2 Å². The Balaban J connectivity index is 0.00000338. The first-order valence-corrected chi connectivity index (χ1v) is 10.5. The SMILES string of the molecule is CN=C(NCCCn1c(C)nc2ccccc21)NCCCS(C)(=O)=O.I. The summed E-state index contributed by atoms with van der Waals surface area (Å²) in [6.07, 6.45) is 2.76. The Morgan fingerprint density at radius 3 is 2.50 bits per heavy atom. The molecule has 0 aliphatic rings. The zero-order valence-corrected chi connectivity index (χ0v) is 18.7. The third-order valence-electron chi connectivity index (χ3n) is 3.90. The molecular weight excluding hydrogens is 465 g/mol. The quantitative estimate of drug-likeness (QED) is 0.254. The number of rotatable bonds is 8. The average molecular weight is 493 g/mol. The maximum Gasteiger partial charge on any atom is 0.190 e. The lowest BCUT2D eigenvalue weighted by molar-refractivity contribution is 0.597. The summed E-state index contributed by atoms with van der Waals surface area (Å²) in [5.41, 5.74) is 2.18. The molecule has 0 atom stereocenters. The molecule has 2 rings (SSSR count). The molecule has 2 N–H and O–H groups in total. The molecule has 0 saturated carbocycles. The lowest BCUT2D eigenvalue weighted by Crippen LogP contribution is -2.38. The third-order valence-corrected chi connectivity index (χ3v) is 4.93. The number of aromatic nitrogens is 2. The molecule has 1 heterocycles. The standard InChI is InChI=1S/C17H27N5O2S.HI/c1-14-21-15-8-4-5-9-16(15)22(14)12-6-10-19-17(18-2)20-11-7-13-25(3,23)24;/h4-5,8-9H,6-7,10-13H2,1-3H3,(H2,18,19,20);1H. The van der Waals surface area contributed by atoms with E-state index in [0.29, 0.717) is 18.9 Å². The lowest BCUT2D eigenvalue weighted by atomic mass is 10.3. The van der Waals surface area contributed by atoms with Crippen molar-refractivity contribution in [2.45, 2.75) is 26.3 Å². The molecule has 0 spiro atoms. The molecular formula is C17H28IN5O2S. The van der Waals surface area contributed by atoms with Crippen LogP contribution >= 0.6 is 24.0 Å². The summed E-state index contributed by atoms with van der Waals surface area (Å²) in [6, 6.07) is 8.14. The van der Waals surface area contributed by atoms with E-state index in [1.807, 2.05) is 25.1 Å². The Kier molecular flexibility index (Phi) is 9.34. The summed E-state index contributed by atoms with van der Waals surface area (Å²) in [4.78, 5) is 8.72. The summed E-state index contributed by atoms with van der Waals surface area (Å²) >= 11 is 0. The van der Waals surface area contributed by atoms with E-state index in [0.717, 1.165) is 36.4 Å². The monoisotopic (exact) mass is 493 g/mol. The highest BCUT2D eigenvalue weighted by Gasteiger charge is 2.06. The summed E-state index contributed by atoms with van der Waals surface area (Å²) < 4.78 is 24.4. The van der Waals surface area contributed by atoms with E-state index in [-0.39, 0.29) is 29.7 Å². The topological polar surface area (TPSA) is 88.4 Å². The second-order valence-corrected chi connectivity index (χ2v) is 8.32. The van der Waals surface area contributed by atoms with E-state index < -0.39 is 9.84 Å². The number of aliphatic imine (C=N–C) groups is 1. The van der Waals surface area contributed by atoms with Gasteiger partial charge in [-0.3, -0.25) is 4.99 Å². The van der Waals surface area contributed by atoms with Crippen LogP contribution in [0.5, 0.6) is 0 Å². The van der Waals surface area contributed by atoms with E-state index in [1.54, 1.807) is 7.05 Å². The van der Waals surface area contributed by atoms with E-state index in [9.17, 15) is 8.42 Å². The zero-order chi connectivity index (χ0) is 18.3. The molecule has 0 bridgehead atoms. The molecule has 146 valence electrons. The summed E-state index contributed by atoms with van der Waals surface area (Å²) in [5, 5.41) is 6.38. The van der Waals surface area contributed by atoms with Crippen LogP contribution in [0.25, 0.3) is 11.0 Å². The number of hydrogen-bond donors (Lipinski definition) is 2. The summed E-state index contributed by atoms with van der Waals surface area (Å²) in [7, 11) is -1.20. The fourth-order valence-corrected chi connectivity index (χ4v) is 3.35. The van der Waals surface area contributed by atoms with Gasteiger partial charge in [0.2, 0.25) is 0 Å². The summed E-state index contributed by atoms with van der Waals surface area (Å²) in [5.74, 6) is 1.90. The Labute approximate surface area is 172 Å². The predicted octanol–water partition coefficient (Wildman–Crippen LogP) is 1.95. The second kappa shape index (κ2) is 10.7. The van der Waals surface area contributed by atoms with E-state index in [1.165, 1.54) is 6.26 Å². The molecule has 2 aromatic rings. The first kappa shape index (κ1) is 22.7. The van der Waals surface area contributed by atoms with E-state index >= 15 is 0 Å². The number of guanidine groups is 1. The maximum absolute atomic E-state index is 11.1. The number of benzene rings is 1. The highest BCUT2D eigenvalue weighted by Crippen LogP contribution is 2.15. The minimum absolute atomic E-state index is 0. The fraction of sp³-hybridized carbons (Fsp3) is 0.529. The Morgan fingerprint density at radius 1 is 1.19 bits per heavy atom. The predicted molar refractivity (Wildman–Crippen MR) is 118 cm³/mol. The third kappa shape index (κ3) is 7.10. The number of fused-ring (bicyclic) bond motifs is 1. The molecule has 1 aromatic carbocycles. The molecule has 0 radical (unpaired) electrons. The first-order chi connectivity index (χ1) is 11.9. The van der Waals surface area contributed by atoms with Gasteiger partial charge in [0.25, 0.3) is 0 Å². The lowest BCUT2D eigenvalue weighted by Gasteiger charge is -2.12. The van der Waals surface area contributed by atoms with Gasteiger partial charge >= 0.3 is 0 Å². The minimum Gasteiger partial charge on any atom is -0.356 e. The summed E-state index contributed by atoms with van der Waals surface area (Å²) in [6.45, 7) is 4.26. The molecule has 0 aliphatic heterocycles. The van der Waals surface area contributed by atoms with Gasteiger partial charge in [0.1, 0.15) is 15.7 Å². The van der Waals surface area contributed by atoms with Gasteiger partial charge in [0.15, 0.2) is 5.96 Å². The van der Waals surface area contributed by atoms with Crippen molar-refractivity contribution in [3.63, 3.8) is 0 Å². The molecule has 1 aromatic heterocycles. The van der Waals surface area contributed by atoms with Crippen LogP contribution < -0.4 is 10.6 Å². The Hall–Kier alpha value is -1.36. The highest BCUT2D eigenvalue weighted by molar-refractivity contribution is 14.0. The van der Waals surface area contributed by atoms with Crippen LogP contribution in [0.1, 0.15) is 18.7 Å². The van der Waals surface area contributed by atoms with Crippen LogP contribution in [-0.4, -0.2) is 56.1 Å². The van der Waals surface area contributed by atoms with Gasteiger partial charge in [0.05, 0.1) is 16.8 Å². The van der Waals surface area contributed by atoms with Gasteiger partial charge in [0, 0.05) is 32.9 Å². The molecule has 0 saturated heterocycles. The van der Waals surface area contributed by atoms with E-state index in [2.05, 4.69) is 31.2 Å². The van der Waals surface area contributed by atoms with Gasteiger partial charge < -0.3 is 15.2 Å². The second-order valence-electron chi connectivity index (χ2n) is 6.06. The van der Waals surface area contributed by atoms with Gasteiger partial charge in [-0.05, 0) is 31.9 Å². The number of aryl methyl sites for hydroxylation is 2. The van der Waals surface area contributed by atoms with Crippen molar-refractivity contribution in [3.8, 4) is 0 Å². The normalized spacial score (nSPS) is 12.0.